The SMILES string of the molecule is CN(CC(=O)N1CCC(C(=O)O)CC1)C(=O)Cn1cc([N+](=O)[O-])ccc1=O. The van der Waals surface area contributed by atoms with Gasteiger partial charge in [-0.1, -0.05) is 0 Å². The van der Waals surface area contributed by atoms with Crippen molar-refractivity contribution in [1.29, 1.82) is 0 Å². The molecule has 2 amide bonds. The van der Waals surface area contributed by atoms with E-state index in [2.05, 4.69) is 0 Å². The highest BCUT2D eigenvalue weighted by atomic mass is 16.6. The molecule has 1 aliphatic heterocycles. The lowest BCUT2D eigenvalue weighted by molar-refractivity contribution is -0.385. The summed E-state index contributed by atoms with van der Waals surface area (Å²) in [5.74, 6) is -2.21. The fourth-order valence-corrected chi connectivity index (χ4v) is 2.78. The van der Waals surface area contributed by atoms with Crippen molar-refractivity contribution in [3.63, 3.8) is 0 Å². The molecule has 11 heteroatoms. The van der Waals surface area contributed by atoms with Gasteiger partial charge in [-0.15, -0.1) is 0 Å². The Balaban J connectivity index is 1.93. The van der Waals surface area contributed by atoms with Crippen LogP contribution in [0.3, 0.4) is 0 Å². The molecule has 1 fully saturated rings. The molecular weight excluding hydrogens is 360 g/mol. The van der Waals surface area contributed by atoms with E-state index in [-0.39, 0.29) is 18.1 Å². The fourth-order valence-electron chi connectivity index (χ4n) is 2.78. The number of aliphatic carboxylic acids is 1. The number of likely N-dealkylation sites (tertiary alicyclic amines) is 1. The lowest BCUT2D eigenvalue weighted by Crippen LogP contribution is -2.46. The number of carboxylic acids is 1. The van der Waals surface area contributed by atoms with Crippen molar-refractivity contribution in [2.45, 2.75) is 19.4 Å². The van der Waals surface area contributed by atoms with Crippen molar-refractivity contribution in [3.05, 3.63) is 38.8 Å². The second-order valence-electron chi connectivity index (χ2n) is 6.35. The maximum Gasteiger partial charge on any atom is 0.306 e. The van der Waals surface area contributed by atoms with Crippen LogP contribution < -0.4 is 5.56 Å². The Hall–Kier alpha value is -3.24. The number of nitro groups is 1. The number of aromatic nitrogens is 1. The van der Waals surface area contributed by atoms with Gasteiger partial charge >= 0.3 is 5.97 Å². The van der Waals surface area contributed by atoms with E-state index in [1.165, 1.54) is 11.9 Å². The van der Waals surface area contributed by atoms with Crippen LogP contribution in [0.4, 0.5) is 5.69 Å². The summed E-state index contributed by atoms with van der Waals surface area (Å²) >= 11 is 0. The first kappa shape index (κ1) is 20.1. The van der Waals surface area contributed by atoms with Gasteiger partial charge in [0, 0.05) is 32.3 Å². The average molecular weight is 380 g/mol. The molecule has 2 heterocycles. The lowest BCUT2D eigenvalue weighted by atomic mass is 9.97. The van der Waals surface area contributed by atoms with E-state index in [0.29, 0.717) is 25.9 Å². The van der Waals surface area contributed by atoms with Gasteiger partial charge in [-0.05, 0) is 12.8 Å². The lowest BCUT2D eigenvalue weighted by Gasteiger charge is -2.31. The van der Waals surface area contributed by atoms with Crippen molar-refractivity contribution >= 4 is 23.5 Å². The van der Waals surface area contributed by atoms with Gasteiger partial charge < -0.3 is 14.9 Å². The normalized spacial score (nSPS) is 14.6. The summed E-state index contributed by atoms with van der Waals surface area (Å²) in [5, 5.41) is 19.7. The molecule has 0 unspecified atom stereocenters. The van der Waals surface area contributed by atoms with E-state index < -0.39 is 34.8 Å². The summed E-state index contributed by atoms with van der Waals surface area (Å²) in [6, 6.07) is 2.06. The molecular formula is C16H20N4O7. The van der Waals surface area contributed by atoms with Gasteiger partial charge in [-0.2, -0.15) is 0 Å². The third-order valence-corrected chi connectivity index (χ3v) is 4.48. The summed E-state index contributed by atoms with van der Waals surface area (Å²) in [6.07, 6.45) is 1.70. The minimum Gasteiger partial charge on any atom is -0.481 e. The van der Waals surface area contributed by atoms with Crippen LogP contribution in [0.2, 0.25) is 0 Å². The number of rotatable bonds is 6. The fraction of sp³-hybridized carbons (Fsp3) is 0.500. The minimum absolute atomic E-state index is 0.222. The number of hydrogen-bond acceptors (Lipinski definition) is 6. The molecule has 1 saturated heterocycles. The summed E-state index contributed by atoms with van der Waals surface area (Å²) in [4.78, 5) is 60.0. The maximum absolute atomic E-state index is 12.3. The highest BCUT2D eigenvalue weighted by Crippen LogP contribution is 2.17. The number of nitrogens with zero attached hydrogens (tertiary/aromatic N) is 4. The molecule has 0 bridgehead atoms. The van der Waals surface area contributed by atoms with Gasteiger partial charge in [0.05, 0.1) is 23.6 Å². The highest BCUT2D eigenvalue weighted by molar-refractivity contribution is 5.84. The number of piperidine rings is 1. The molecule has 1 aromatic heterocycles. The van der Waals surface area contributed by atoms with Gasteiger partial charge in [-0.25, -0.2) is 0 Å². The number of hydrogen-bond donors (Lipinski definition) is 1. The van der Waals surface area contributed by atoms with E-state index in [9.17, 15) is 29.3 Å². The Morgan fingerprint density at radius 3 is 2.48 bits per heavy atom. The van der Waals surface area contributed by atoms with Crippen molar-refractivity contribution in [2.24, 2.45) is 5.92 Å². The summed E-state index contributed by atoms with van der Waals surface area (Å²) in [6.45, 7) is -0.0318. The minimum atomic E-state index is -0.878. The van der Waals surface area contributed by atoms with E-state index in [0.717, 1.165) is 27.8 Å². The molecule has 146 valence electrons. The number of carbonyl (C=O) groups is 3. The van der Waals surface area contributed by atoms with Crippen LogP contribution in [0.15, 0.2) is 23.1 Å². The molecule has 1 N–H and O–H groups in total. The van der Waals surface area contributed by atoms with Crippen LogP contribution in [0.5, 0.6) is 0 Å². The molecule has 11 nitrogen and oxygen atoms in total. The number of carboxylic acid groups (broad SMARTS) is 1. The quantitative estimate of drug-likeness (QED) is 0.519. The third kappa shape index (κ3) is 5.12. The Morgan fingerprint density at radius 1 is 1.30 bits per heavy atom. The van der Waals surface area contributed by atoms with Crippen LogP contribution in [0, 0.1) is 16.0 Å². The Morgan fingerprint density at radius 2 is 1.93 bits per heavy atom. The van der Waals surface area contributed by atoms with Crippen LogP contribution in [0.25, 0.3) is 0 Å². The summed E-state index contributed by atoms with van der Waals surface area (Å²) in [7, 11) is 1.40. The zero-order valence-electron chi connectivity index (χ0n) is 14.7. The molecule has 27 heavy (non-hydrogen) atoms. The smallest absolute Gasteiger partial charge is 0.306 e. The first-order chi connectivity index (χ1) is 12.7. The Labute approximate surface area is 153 Å². The third-order valence-electron chi connectivity index (χ3n) is 4.48. The first-order valence-electron chi connectivity index (χ1n) is 8.28. The van der Waals surface area contributed by atoms with E-state index in [1.54, 1.807) is 0 Å². The average Bonchev–Trinajstić information content (AvgIpc) is 2.63. The van der Waals surface area contributed by atoms with E-state index in [1.807, 2.05) is 0 Å². The molecule has 0 saturated carbocycles. The van der Waals surface area contributed by atoms with Crippen molar-refractivity contribution in [2.75, 3.05) is 26.7 Å². The number of amides is 2. The van der Waals surface area contributed by atoms with Gasteiger partial charge in [0.15, 0.2) is 0 Å². The van der Waals surface area contributed by atoms with Gasteiger partial charge in [0.2, 0.25) is 11.8 Å². The number of pyridine rings is 1. The van der Waals surface area contributed by atoms with Crippen LogP contribution in [-0.2, 0) is 20.9 Å². The maximum atomic E-state index is 12.3. The summed E-state index contributed by atoms with van der Waals surface area (Å²) < 4.78 is 0.916. The largest absolute Gasteiger partial charge is 0.481 e. The standard InChI is InChI=1S/C16H20N4O7/c1-17(9-15(23)18-6-4-11(5-7-18)16(24)25)14(22)10-19-8-12(20(26)27)2-3-13(19)21/h2-3,8,11H,4-7,9-10H2,1H3,(H,24,25). The molecule has 1 aliphatic rings. The molecule has 2 rings (SSSR count). The van der Waals surface area contributed by atoms with Gasteiger partial charge in [0.25, 0.3) is 11.2 Å². The topological polar surface area (TPSA) is 143 Å². The zero-order chi connectivity index (χ0) is 20.1. The number of carbonyl (C=O) groups excluding carboxylic acids is 2. The number of likely N-dealkylation sites (N-methyl/N-ethyl adjacent to an activating group) is 1. The highest BCUT2D eigenvalue weighted by Gasteiger charge is 2.28. The van der Waals surface area contributed by atoms with Crippen LogP contribution in [0.1, 0.15) is 12.8 Å². The van der Waals surface area contributed by atoms with Gasteiger partial charge in [-0.3, -0.25) is 33.9 Å². The van der Waals surface area contributed by atoms with E-state index >= 15 is 0 Å². The predicted octanol–water partition coefficient (Wildman–Crippen LogP) is -0.462. The molecule has 0 atom stereocenters. The second kappa shape index (κ2) is 8.43. The van der Waals surface area contributed by atoms with Crippen molar-refractivity contribution < 1.29 is 24.4 Å². The molecule has 0 aromatic carbocycles. The molecule has 0 aliphatic carbocycles. The Bertz CT molecular complexity index is 811. The second-order valence-corrected chi connectivity index (χ2v) is 6.35. The van der Waals surface area contributed by atoms with Gasteiger partial charge in [0.1, 0.15) is 6.54 Å². The Kier molecular flexibility index (Phi) is 6.27. The van der Waals surface area contributed by atoms with Crippen molar-refractivity contribution in [3.8, 4) is 0 Å². The molecule has 0 spiro atoms. The van der Waals surface area contributed by atoms with E-state index in [4.69, 9.17) is 5.11 Å². The molecule has 1 aromatic rings. The zero-order valence-corrected chi connectivity index (χ0v) is 14.7. The van der Waals surface area contributed by atoms with Crippen LogP contribution >= 0.6 is 0 Å². The van der Waals surface area contributed by atoms with Crippen LogP contribution in [-0.4, -0.2) is 68.9 Å². The van der Waals surface area contributed by atoms with Crippen molar-refractivity contribution in [1.82, 2.24) is 14.4 Å². The molecule has 0 radical (unpaired) electrons. The predicted molar refractivity (Wildman–Crippen MR) is 91.9 cm³/mol. The monoisotopic (exact) mass is 380 g/mol. The summed E-state index contributed by atoms with van der Waals surface area (Å²) in [5.41, 5.74) is -0.883. The first-order valence-corrected chi connectivity index (χ1v) is 8.28.